The molecule has 6 nitrogen and oxygen atoms in total. The molecule has 2 fully saturated rings. The zero-order valence-corrected chi connectivity index (χ0v) is 14.3. The standard InChI is InChI=1S/C19H24N4O2/c24-13-19(8-9-19)22-18(25)21-15-6-7-16(23-11-2-1-3-12-23)17-14(15)5-4-10-20-17/h4-7,10,24H,1-3,8-9,11-13H2,(H2,21,22,25). The minimum atomic E-state index is -0.425. The largest absolute Gasteiger partial charge is 0.394 e. The molecular weight excluding hydrogens is 316 g/mol. The van der Waals surface area contributed by atoms with Crippen molar-refractivity contribution < 1.29 is 9.90 Å². The Hall–Kier alpha value is -2.34. The molecule has 132 valence electrons. The third kappa shape index (κ3) is 3.26. The van der Waals surface area contributed by atoms with Gasteiger partial charge in [-0.1, -0.05) is 0 Å². The molecule has 3 N–H and O–H groups in total. The fraction of sp³-hybridized carbons (Fsp3) is 0.474. The molecule has 0 atom stereocenters. The molecule has 1 aliphatic carbocycles. The summed E-state index contributed by atoms with van der Waals surface area (Å²) in [7, 11) is 0. The predicted octanol–water partition coefficient (Wildman–Crippen LogP) is 2.87. The van der Waals surface area contributed by atoms with Crippen molar-refractivity contribution >= 4 is 28.3 Å². The Bertz CT molecular complexity index is 782. The Balaban J connectivity index is 1.60. The quantitative estimate of drug-likeness (QED) is 0.800. The zero-order valence-electron chi connectivity index (χ0n) is 14.3. The summed E-state index contributed by atoms with van der Waals surface area (Å²) < 4.78 is 0. The number of benzene rings is 1. The van der Waals surface area contributed by atoms with Crippen LogP contribution in [0.5, 0.6) is 0 Å². The van der Waals surface area contributed by atoms with Crippen LogP contribution in [0.25, 0.3) is 10.9 Å². The second-order valence-corrected chi connectivity index (χ2v) is 7.10. The number of carbonyl (C=O) groups excluding carboxylic acids is 1. The van der Waals surface area contributed by atoms with Crippen LogP contribution in [0, 0.1) is 0 Å². The number of pyridine rings is 1. The van der Waals surface area contributed by atoms with Gasteiger partial charge in [-0.3, -0.25) is 4.98 Å². The van der Waals surface area contributed by atoms with Crippen LogP contribution in [-0.4, -0.2) is 41.4 Å². The SMILES string of the molecule is O=C(Nc1ccc(N2CCCCC2)c2ncccc12)NC1(CO)CC1. The first-order chi connectivity index (χ1) is 12.2. The lowest BCUT2D eigenvalue weighted by Crippen LogP contribution is -2.42. The third-order valence-electron chi connectivity index (χ3n) is 5.23. The van der Waals surface area contributed by atoms with Crippen molar-refractivity contribution in [3.63, 3.8) is 0 Å². The molecule has 2 aliphatic rings. The minimum absolute atomic E-state index is 0.0172. The molecular formula is C19H24N4O2. The first kappa shape index (κ1) is 16.1. The van der Waals surface area contributed by atoms with Crippen LogP contribution in [0.15, 0.2) is 30.5 Å². The molecule has 6 heteroatoms. The zero-order chi connectivity index (χ0) is 17.3. The number of carbonyl (C=O) groups is 1. The van der Waals surface area contributed by atoms with Gasteiger partial charge >= 0.3 is 6.03 Å². The van der Waals surface area contributed by atoms with Crippen molar-refractivity contribution in [3.8, 4) is 0 Å². The average molecular weight is 340 g/mol. The minimum Gasteiger partial charge on any atom is -0.394 e. The lowest BCUT2D eigenvalue weighted by atomic mass is 10.1. The van der Waals surface area contributed by atoms with E-state index >= 15 is 0 Å². The van der Waals surface area contributed by atoms with Gasteiger partial charge in [0.1, 0.15) is 0 Å². The third-order valence-corrected chi connectivity index (χ3v) is 5.23. The highest BCUT2D eigenvalue weighted by Crippen LogP contribution is 2.35. The van der Waals surface area contributed by atoms with E-state index in [-0.39, 0.29) is 12.6 Å². The van der Waals surface area contributed by atoms with Gasteiger partial charge < -0.3 is 20.6 Å². The van der Waals surface area contributed by atoms with Crippen molar-refractivity contribution in [2.24, 2.45) is 0 Å². The van der Waals surface area contributed by atoms with Crippen molar-refractivity contribution in [1.82, 2.24) is 10.3 Å². The summed E-state index contributed by atoms with van der Waals surface area (Å²) >= 11 is 0. The van der Waals surface area contributed by atoms with Crippen molar-refractivity contribution in [2.45, 2.75) is 37.6 Å². The summed E-state index contributed by atoms with van der Waals surface area (Å²) in [4.78, 5) is 19.2. The van der Waals surface area contributed by atoms with Gasteiger partial charge in [0, 0.05) is 24.7 Å². The lowest BCUT2D eigenvalue weighted by molar-refractivity contribution is 0.217. The van der Waals surface area contributed by atoms with Crippen LogP contribution in [0.1, 0.15) is 32.1 Å². The Morgan fingerprint density at radius 2 is 2.00 bits per heavy atom. The van der Waals surface area contributed by atoms with Gasteiger partial charge in [-0.25, -0.2) is 4.79 Å². The van der Waals surface area contributed by atoms with E-state index in [1.54, 1.807) is 6.20 Å². The van der Waals surface area contributed by atoms with E-state index in [1.807, 2.05) is 18.2 Å². The number of nitrogens with one attached hydrogen (secondary N) is 2. The van der Waals surface area contributed by atoms with E-state index in [0.717, 1.165) is 48.2 Å². The van der Waals surface area contributed by atoms with Crippen LogP contribution in [0.3, 0.4) is 0 Å². The number of aliphatic hydroxyl groups is 1. The molecule has 1 aliphatic heterocycles. The molecule has 2 amide bonds. The van der Waals surface area contributed by atoms with Crippen molar-refractivity contribution in [1.29, 1.82) is 0 Å². The van der Waals surface area contributed by atoms with Crippen molar-refractivity contribution in [3.05, 3.63) is 30.5 Å². The highest BCUT2D eigenvalue weighted by Gasteiger charge is 2.43. The molecule has 1 saturated carbocycles. The number of urea groups is 1. The van der Waals surface area contributed by atoms with Crippen molar-refractivity contribution in [2.75, 3.05) is 29.9 Å². The van der Waals surface area contributed by atoms with Gasteiger partial charge in [0.2, 0.25) is 0 Å². The van der Waals surface area contributed by atoms with E-state index in [4.69, 9.17) is 0 Å². The number of hydrogen-bond acceptors (Lipinski definition) is 4. The summed E-state index contributed by atoms with van der Waals surface area (Å²) in [5.41, 5.74) is 2.38. The number of aliphatic hydroxyl groups excluding tert-OH is 1. The van der Waals surface area contributed by atoms with Crippen LogP contribution in [-0.2, 0) is 0 Å². The summed E-state index contributed by atoms with van der Waals surface area (Å²) in [6.07, 6.45) is 7.15. The fourth-order valence-electron chi connectivity index (χ4n) is 3.52. The monoisotopic (exact) mass is 340 g/mol. The van der Waals surface area contributed by atoms with Gasteiger partial charge in [0.05, 0.1) is 29.0 Å². The Kier molecular flexibility index (Phi) is 4.21. The summed E-state index contributed by atoms with van der Waals surface area (Å²) in [6.45, 7) is 2.09. The molecule has 0 unspecified atom stereocenters. The molecule has 1 aromatic heterocycles. The predicted molar refractivity (Wildman–Crippen MR) is 99.0 cm³/mol. The molecule has 2 heterocycles. The van der Waals surface area contributed by atoms with Gasteiger partial charge in [0.25, 0.3) is 0 Å². The van der Waals surface area contributed by atoms with E-state index in [0.29, 0.717) is 0 Å². The topological polar surface area (TPSA) is 77.5 Å². The number of piperidine rings is 1. The summed E-state index contributed by atoms with van der Waals surface area (Å²) in [6, 6.07) is 7.61. The number of nitrogens with zero attached hydrogens (tertiary/aromatic N) is 2. The van der Waals surface area contributed by atoms with Crippen LogP contribution >= 0.6 is 0 Å². The van der Waals surface area contributed by atoms with E-state index in [1.165, 1.54) is 19.3 Å². The van der Waals surface area contributed by atoms with Crippen LogP contribution < -0.4 is 15.5 Å². The first-order valence-corrected chi connectivity index (χ1v) is 9.03. The number of hydrogen-bond donors (Lipinski definition) is 3. The van der Waals surface area contributed by atoms with Gasteiger partial charge in [-0.05, 0) is 56.4 Å². The molecule has 1 saturated heterocycles. The number of aromatic nitrogens is 1. The molecule has 25 heavy (non-hydrogen) atoms. The number of fused-ring (bicyclic) bond motifs is 1. The number of rotatable bonds is 4. The maximum absolute atomic E-state index is 12.3. The van der Waals surface area contributed by atoms with Crippen LogP contribution in [0.2, 0.25) is 0 Å². The molecule has 1 aromatic carbocycles. The van der Waals surface area contributed by atoms with Gasteiger partial charge in [0.15, 0.2) is 0 Å². The van der Waals surface area contributed by atoms with E-state index < -0.39 is 5.54 Å². The van der Waals surface area contributed by atoms with Gasteiger partial charge in [-0.2, -0.15) is 0 Å². The highest BCUT2D eigenvalue weighted by molar-refractivity contribution is 6.04. The van der Waals surface area contributed by atoms with Gasteiger partial charge in [-0.15, -0.1) is 0 Å². The fourth-order valence-corrected chi connectivity index (χ4v) is 3.52. The summed E-state index contributed by atoms with van der Waals surface area (Å²) in [5.74, 6) is 0. The molecule has 0 radical (unpaired) electrons. The molecule has 2 aromatic rings. The molecule has 4 rings (SSSR count). The highest BCUT2D eigenvalue weighted by atomic mass is 16.3. The maximum atomic E-state index is 12.3. The first-order valence-electron chi connectivity index (χ1n) is 9.03. The molecule has 0 spiro atoms. The Labute approximate surface area is 147 Å². The Morgan fingerprint density at radius 1 is 1.20 bits per heavy atom. The average Bonchev–Trinajstić information content (AvgIpc) is 3.42. The second kappa shape index (κ2) is 6.52. The number of anilines is 2. The normalized spacial score (nSPS) is 18.8. The Morgan fingerprint density at radius 3 is 2.72 bits per heavy atom. The van der Waals surface area contributed by atoms with Crippen LogP contribution in [0.4, 0.5) is 16.2 Å². The second-order valence-electron chi connectivity index (χ2n) is 7.10. The summed E-state index contributed by atoms with van der Waals surface area (Å²) in [5, 5.41) is 16.1. The molecule has 0 bridgehead atoms. The lowest BCUT2D eigenvalue weighted by Gasteiger charge is -2.29. The van der Waals surface area contributed by atoms with E-state index in [2.05, 4.69) is 26.6 Å². The maximum Gasteiger partial charge on any atom is 0.319 e. The van der Waals surface area contributed by atoms with E-state index in [9.17, 15) is 9.90 Å². The number of amides is 2. The smallest absolute Gasteiger partial charge is 0.319 e.